The van der Waals surface area contributed by atoms with Crippen LogP contribution in [0.4, 0.5) is 0 Å². The van der Waals surface area contributed by atoms with Crippen molar-refractivity contribution in [2.45, 2.75) is 46.5 Å². The van der Waals surface area contributed by atoms with Crippen molar-refractivity contribution in [3.05, 3.63) is 52.7 Å². The minimum atomic E-state index is -0.333. The third-order valence-electron chi connectivity index (χ3n) is 5.49. The summed E-state index contributed by atoms with van der Waals surface area (Å²) in [5, 5.41) is 3.62. The molecule has 0 bridgehead atoms. The Kier molecular flexibility index (Phi) is 7.00. The van der Waals surface area contributed by atoms with Crippen molar-refractivity contribution in [3.63, 3.8) is 0 Å². The van der Waals surface area contributed by atoms with Gasteiger partial charge in [-0.3, -0.25) is 4.79 Å². The van der Waals surface area contributed by atoms with E-state index in [-0.39, 0.29) is 17.0 Å². The monoisotopic (exact) mass is 399 g/mol. The Hall–Kier alpha value is -2.01. The molecule has 0 saturated heterocycles. The Morgan fingerprint density at radius 1 is 1.11 bits per heavy atom. The van der Waals surface area contributed by atoms with Gasteiger partial charge < -0.3 is 10.1 Å². The highest BCUT2D eigenvalue weighted by Gasteiger charge is 2.40. The zero-order valence-electron chi connectivity index (χ0n) is 16.9. The van der Waals surface area contributed by atoms with E-state index in [0.29, 0.717) is 24.5 Å². The van der Waals surface area contributed by atoms with E-state index < -0.39 is 0 Å². The fourth-order valence-electron chi connectivity index (χ4n) is 3.95. The van der Waals surface area contributed by atoms with Crippen molar-refractivity contribution in [2.24, 2.45) is 11.8 Å². The number of rotatable bonds is 7. The number of dihydropyridines is 1. The maximum Gasteiger partial charge on any atom is 0.336 e. The largest absolute Gasteiger partial charge is 0.463 e. The Morgan fingerprint density at radius 3 is 2.36 bits per heavy atom. The molecule has 1 fully saturated rings. The molecule has 3 rings (SSSR count). The molecule has 28 heavy (non-hydrogen) atoms. The number of allylic oxidation sites excluding steroid dienone is 1. The molecule has 1 atom stereocenters. The van der Waals surface area contributed by atoms with Crippen molar-refractivity contribution in [1.29, 1.82) is 0 Å². The molecule has 5 heteroatoms. The fourth-order valence-corrected chi connectivity index (χ4v) is 4.62. The smallest absolute Gasteiger partial charge is 0.336 e. The van der Waals surface area contributed by atoms with Gasteiger partial charge in [-0.15, -0.1) is 0 Å². The van der Waals surface area contributed by atoms with Crippen molar-refractivity contribution in [1.82, 2.24) is 5.32 Å². The third-order valence-corrected chi connectivity index (χ3v) is 6.26. The summed E-state index contributed by atoms with van der Waals surface area (Å²) in [4.78, 5) is 26.1. The van der Waals surface area contributed by atoms with Gasteiger partial charge in [0.2, 0.25) is 5.12 Å². The van der Waals surface area contributed by atoms with E-state index in [2.05, 4.69) is 5.32 Å². The average Bonchev–Trinajstić information content (AvgIpc) is 2.66. The predicted molar refractivity (Wildman–Crippen MR) is 114 cm³/mol. The zero-order chi connectivity index (χ0) is 20.1. The number of thioether (sulfide) groups is 1. The van der Waals surface area contributed by atoms with E-state index in [1.165, 1.54) is 18.2 Å². The van der Waals surface area contributed by atoms with Crippen LogP contribution < -0.4 is 5.32 Å². The Balaban J connectivity index is 2.16. The molecule has 1 aliphatic heterocycles. The molecule has 0 spiro atoms. The molecule has 0 radical (unpaired) electrons. The molecule has 1 heterocycles. The van der Waals surface area contributed by atoms with Crippen LogP contribution in [0, 0.1) is 11.8 Å². The highest BCUT2D eigenvalue weighted by molar-refractivity contribution is 8.14. The molecule has 1 aliphatic carbocycles. The Morgan fingerprint density at radius 2 is 1.82 bits per heavy atom. The lowest BCUT2D eigenvalue weighted by Crippen LogP contribution is -2.37. The van der Waals surface area contributed by atoms with Crippen LogP contribution in [0.15, 0.2) is 47.2 Å². The first-order valence-electron chi connectivity index (χ1n) is 10.3. The van der Waals surface area contributed by atoms with Crippen LogP contribution in [0.2, 0.25) is 0 Å². The molecule has 4 nitrogen and oxygen atoms in total. The van der Waals surface area contributed by atoms with Crippen molar-refractivity contribution in [2.75, 3.05) is 12.4 Å². The summed E-state index contributed by atoms with van der Waals surface area (Å²) in [6.45, 7) is 6.15. The molecule has 1 N–H and O–H groups in total. The van der Waals surface area contributed by atoms with Crippen LogP contribution in [0.3, 0.4) is 0 Å². The first-order valence-corrected chi connectivity index (χ1v) is 11.3. The van der Waals surface area contributed by atoms with Gasteiger partial charge in [0.15, 0.2) is 0 Å². The van der Waals surface area contributed by atoms with E-state index in [9.17, 15) is 9.59 Å². The van der Waals surface area contributed by atoms with Crippen molar-refractivity contribution < 1.29 is 14.3 Å². The first kappa shape index (κ1) is 20.7. The average molecular weight is 400 g/mol. The number of ether oxygens (including phenoxy) is 1. The van der Waals surface area contributed by atoms with Gasteiger partial charge in [-0.05, 0) is 43.4 Å². The second-order valence-corrected chi connectivity index (χ2v) is 8.37. The fraction of sp³-hybridized carbons (Fsp3) is 0.478. The number of benzene rings is 1. The van der Waals surface area contributed by atoms with Crippen LogP contribution in [0.25, 0.3) is 5.70 Å². The SMILES string of the molecule is CCOC(=O)C1=C(c2ccccc2)NC(C2CCC2)=C(C(=O)SCC)C1CC. The minimum Gasteiger partial charge on any atom is -0.463 e. The molecule has 0 amide bonds. The minimum absolute atomic E-state index is 0.0812. The van der Waals surface area contributed by atoms with E-state index >= 15 is 0 Å². The topological polar surface area (TPSA) is 55.4 Å². The van der Waals surface area contributed by atoms with Crippen molar-refractivity contribution in [3.8, 4) is 0 Å². The maximum atomic E-state index is 13.1. The van der Waals surface area contributed by atoms with E-state index in [0.717, 1.165) is 41.1 Å². The van der Waals surface area contributed by atoms with Gasteiger partial charge in [-0.1, -0.05) is 62.4 Å². The van der Waals surface area contributed by atoms with Gasteiger partial charge in [-0.2, -0.15) is 0 Å². The highest BCUT2D eigenvalue weighted by Crippen LogP contribution is 2.44. The molecular formula is C23H29NO3S. The van der Waals surface area contributed by atoms with Gasteiger partial charge in [0, 0.05) is 17.2 Å². The Bertz CT molecular complexity index is 793. The van der Waals surface area contributed by atoms with Crippen LogP contribution in [-0.4, -0.2) is 23.4 Å². The third kappa shape index (κ3) is 4.04. The maximum absolute atomic E-state index is 13.1. The summed E-state index contributed by atoms with van der Waals surface area (Å²) in [7, 11) is 0. The molecule has 1 aromatic rings. The normalized spacial score (nSPS) is 19.9. The molecule has 1 unspecified atom stereocenters. The number of carbonyl (C=O) groups excluding carboxylic acids is 2. The molecule has 150 valence electrons. The summed E-state index contributed by atoms with van der Waals surface area (Å²) < 4.78 is 5.41. The summed E-state index contributed by atoms with van der Waals surface area (Å²) in [6.07, 6.45) is 4.05. The number of hydrogen-bond acceptors (Lipinski definition) is 5. The van der Waals surface area contributed by atoms with Crippen LogP contribution >= 0.6 is 11.8 Å². The molecule has 2 aliphatic rings. The predicted octanol–water partition coefficient (Wildman–Crippen LogP) is 4.92. The van der Waals surface area contributed by atoms with Gasteiger partial charge in [0.1, 0.15) is 0 Å². The van der Waals surface area contributed by atoms with Crippen LogP contribution in [0.5, 0.6) is 0 Å². The van der Waals surface area contributed by atoms with E-state index in [1.54, 1.807) is 0 Å². The van der Waals surface area contributed by atoms with E-state index in [4.69, 9.17) is 4.74 Å². The summed E-state index contributed by atoms with van der Waals surface area (Å²) >= 11 is 1.33. The lowest BCUT2D eigenvalue weighted by molar-refractivity contribution is -0.139. The molecular weight excluding hydrogens is 370 g/mol. The summed E-state index contributed by atoms with van der Waals surface area (Å²) in [6, 6.07) is 9.90. The second kappa shape index (κ2) is 9.46. The number of nitrogens with one attached hydrogen (secondary N) is 1. The Labute approximate surface area is 171 Å². The van der Waals surface area contributed by atoms with Gasteiger partial charge in [0.25, 0.3) is 0 Å². The lowest BCUT2D eigenvalue weighted by Gasteiger charge is -2.38. The highest BCUT2D eigenvalue weighted by atomic mass is 32.2. The van der Waals surface area contributed by atoms with Crippen molar-refractivity contribution >= 4 is 28.5 Å². The second-order valence-electron chi connectivity index (χ2n) is 7.14. The number of carbonyl (C=O) groups is 2. The van der Waals surface area contributed by atoms with Crippen LogP contribution in [-0.2, 0) is 14.3 Å². The molecule has 1 saturated carbocycles. The number of hydrogen-bond donors (Lipinski definition) is 1. The quantitative estimate of drug-likeness (QED) is 0.659. The lowest BCUT2D eigenvalue weighted by atomic mass is 9.74. The molecule has 1 aromatic carbocycles. The first-order chi connectivity index (χ1) is 13.6. The van der Waals surface area contributed by atoms with Gasteiger partial charge >= 0.3 is 5.97 Å². The standard InChI is InChI=1S/C23H29NO3S/c1-4-17-18(22(25)27-5-2)20(15-11-8-7-9-12-15)24-21(16-13-10-14-16)19(17)23(26)28-6-3/h7-9,11-12,16-17,24H,4-6,10,13-14H2,1-3H3. The zero-order valence-corrected chi connectivity index (χ0v) is 17.7. The van der Waals surface area contributed by atoms with E-state index in [1.807, 2.05) is 51.1 Å². The van der Waals surface area contributed by atoms with Crippen LogP contribution in [0.1, 0.15) is 52.0 Å². The summed E-state index contributed by atoms with van der Waals surface area (Å²) in [5.74, 6) is 0.520. The van der Waals surface area contributed by atoms with Gasteiger partial charge in [-0.25, -0.2) is 4.79 Å². The number of esters is 1. The molecule has 0 aromatic heterocycles. The van der Waals surface area contributed by atoms with Gasteiger partial charge in [0.05, 0.1) is 17.9 Å². The summed E-state index contributed by atoms with van der Waals surface area (Å²) in [5.41, 5.74) is 4.14.